The Balaban J connectivity index is 2.03. The Morgan fingerprint density at radius 1 is 1.38 bits per heavy atom. The molecule has 1 unspecified atom stereocenters. The molecule has 24 heavy (non-hydrogen) atoms. The van der Waals surface area contributed by atoms with Gasteiger partial charge in [0.2, 0.25) is 5.91 Å². The van der Waals surface area contributed by atoms with E-state index >= 15 is 0 Å². The van der Waals surface area contributed by atoms with Crippen molar-refractivity contribution in [2.45, 2.75) is 64.6 Å². The summed E-state index contributed by atoms with van der Waals surface area (Å²) in [5.74, 6) is -0.142. The van der Waals surface area contributed by atoms with E-state index in [0.717, 1.165) is 18.4 Å². The van der Waals surface area contributed by atoms with Crippen LogP contribution in [0, 0.1) is 0 Å². The van der Waals surface area contributed by atoms with E-state index in [4.69, 9.17) is 4.74 Å². The van der Waals surface area contributed by atoms with E-state index in [1.54, 1.807) is 17.3 Å². The molecular weight excluding hydrogens is 306 g/mol. The molecule has 0 spiro atoms. The molecule has 1 aliphatic rings. The smallest absolute Gasteiger partial charge is 0.410 e. The Bertz CT molecular complexity index is 569. The number of hydrogen-bond donors (Lipinski definition) is 1. The summed E-state index contributed by atoms with van der Waals surface area (Å²) in [7, 11) is 0. The average molecular weight is 333 g/mol. The maximum atomic E-state index is 12.7. The topological polar surface area (TPSA) is 71.5 Å². The van der Waals surface area contributed by atoms with Crippen LogP contribution in [-0.4, -0.2) is 40.1 Å². The minimum atomic E-state index is -0.571. The zero-order valence-electron chi connectivity index (χ0n) is 14.9. The van der Waals surface area contributed by atoms with Gasteiger partial charge in [0.25, 0.3) is 0 Å². The van der Waals surface area contributed by atoms with Gasteiger partial charge in [-0.15, -0.1) is 0 Å². The van der Waals surface area contributed by atoms with Gasteiger partial charge in [0, 0.05) is 18.9 Å². The van der Waals surface area contributed by atoms with Crippen molar-refractivity contribution in [3.63, 3.8) is 0 Å². The third-order valence-electron chi connectivity index (χ3n) is 3.98. The van der Waals surface area contributed by atoms with Crippen molar-refractivity contribution >= 4 is 12.0 Å². The van der Waals surface area contributed by atoms with Gasteiger partial charge < -0.3 is 10.1 Å². The lowest BCUT2D eigenvalue weighted by atomic mass is 10.0. The van der Waals surface area contributed by atoms with Gasteiger partial charge >= 0.3 is 6.09 Å². The lowest BCUT2D eigenvalue weighted by Gasteiger charge is -2.36. The SMILES string of the molecule is CC(NC(=O)[C@@H]1CCCCN1C(=O)OC(C)(C)C)c1cccnc1. The number of rotatable bonds is 3. The quantitative estimate of drug-likeness (QED) is 0.923. The van der Waals surface area contributed by atoms with E-state index in [-0.39, 0.29) is 11.9 Å². The standard InChI is InChI=1S/C18H27N3O3/c1-13(14-8-7-10-19-12-14)20-16(22)15-9-5-6-11-21(15)17(23)24-18(2,3)4/h7-8,10,12-13,15H,5-6,9,11H2,1-4H3,(H,20,22)/t13?,15-/m0/s1. The number of carbonyl (C=O) groups is 2. The minimum absolute atomic E-state index is 0.142. The lowest BCUT2D eigenvalue weighted by molar-refractivity contribution is -0.128. The number of nitrogens with zero attached hydrogens (tertiary/aromatic N) is 2. The molecule has 1 saturated heterocycles. The molecule has 0 aliphatic carbocycles. The molecule has 6 heteroatoms. The van der Waals surface area contributed by atoms with Gasteiger partial charge in [-0.2, -0.15) is 0 Å². The van der Waals surface area contributed by atoms with Crippen molar-refractivity contribution in [3.8, 4) is 0 Å². The Morgan fingerprint density at radius 2 is 2.12 bits per heavy atom. The average Bonchev–Trinajstić information content (AvgIpc) is 2.54. The van der Waals surface area contributed by atoms with Gasteiger partial charge in [0.15, 0.2) is 0 Å². The van der Waals surface area contributed by atoms with Crippen LogP contribution < -0.4 is 5.32 Å². The van der Waals surface area contributed by atoms with Crippen LogP contribution in [0.5, 0.6) is 0 Å². The Kier molecular flexibility index (Phi) is 5.80. The van der Waals surface area contributed by atoms with Crippen LogP contribution in [0.4, 0.5) is 4.79 Å². The van der Waals surface area contributed by atoms with Gasteiger partial charge in [0.1, 0.15) is 11.6 Å². The second-order valence-corrected chi connectivity index (χ2v) is 7.20. The second kappa shape index (κ2) is 7.64. The van der Waals surface area contributed by atoms with E-state index < -0.39 is 17.7 Å². The van der Waals surface area contributed by atoms with Gasteiger partial charge in [-0.25, -0.2) is 4.79 Å². The summed E-state index contributed by atoms with van der Waals surface area (Å²) in [5.41, 5.74) is 0.365. The summed E-state index contributed by atoms with van der Waals surface area (Å²) >= 11 is 0. The molecular formula is C18H27N3O3. The molecule has 1 aromatic heterocycles. The van der Waals surface area contributed by atoms with Crippen LogP contribution in [0.3, 0.4) is 0 Å². The predicted molar refractivity (Wildman–Crippen MR) is 91.4 cm³/mol. The van der Waals surface area contributed by atoms with Crippen LogP contribution in [0.15, 0.2) is 24.5 Å². The molecule has 1 N–H and O–H groups in total. The van der Waals surface area contributed by atoms with Gasteiger partial charge in [-0.3, -0.25) is 14.7 Å². The maximum Gasteiger partial charge on any atom is 0.410 e. The molecule has 1 aromatic rings. The first-order chi connectivity index (χ1) is 11.3. The second-order valence-electron chi connectivity index (χ2n) is 7.20. The van der Waals surface area contributed by atoms with Crippen molar-refractivity contribution in [1.82, 2.24) is 15.2 Å². The third-order valence-corrected chi connectivity index (χ3v) is 3.98. The number of carbonyl (C=O) groups excluding carboxylic acids is 2. The summed E-state index contributed by atoms with van der Waals surface area (Å²) in [6.07, 6.45) is 5.49. The van der Waals surface area contributed by atoms with Crippen molar-refractivity contribution in [3.05, 3.63) is 30.1 Å². The summed E-state index contributed by atoms with van der Waals surface area (Å²) in [4.78, 5) is 30.7. The molecule has 0 bridgehead atoms. The molecule has 0 saturated carbocycles. The molecule has 132 valence electrons. The first-order valence-corrected chi connectivity index (χ1v) is 8.48. The van der Waals surface area contributed by atoms with E-state index in [0.29, 0.717) is 13.0 Å². The maximum absolute atomic E-state index is 12.7. The number of likely N-dealkylation sites (tertiary alicyclic amines) is 1. The lowest BCUT2D eigenvalue weighted by Crippen LogP contribution is -2.53. The van der Waals surface area contributed by atoms with Gasteiger partial charge in [0.05, 0.1) is 6.04 Å². The van der Waals surface area contributed by atoms with E-state index in [9.17, 15) is 9.59 Å². The molecule has 1 fully saturated rings. The van der Waals surface area contributed by atoms with E-state index in [1.165, 1.54) is 0 Å². The van der Waals surface area contributed by atoms with Crippen LogP contribution in [-0.2, 0) is 9.53 Å². The molecule has 6 nitrogen and oxygen atoms in total. The predicted octanol–water partition coefficient (Wildman–Crippen LogP) is 3.05. The monoisotopic (exact) mass is 333 g/mol. The largest absolute Gasteiger partial charge is 0.444 e. The number of hydrogen-bond acceptors (Lipinski definition) is 4. The van der Waals surface area contributed by atoms with Crippen molar-refractivity contribution in [2.24, 2.45) is 0 Å². The molecule has 2 heterocycles. The summed E-state index contributed by atoms with van der Waals surface area (Å²) in [6, 6.07) is 3.12. The van der Waals surface area contributed by atoms with E-state index in [2.05, 4.69) is 10.3 Å². The van der Waals surface area contributed by atoms with Crippen molar-refractivity contribution < 1.29 is 14.3 Å². The Labute approximate surface area is 143 Å². The highest BCUT2D eigenvalue weighted by molar-refractivity contribution is 5.86. The number of aromatic nitrogens is 1. The van der Waals surface area contributed by atoms with Crippen molar-refractivity contribution in [1.29, 1.82) is 0 Å². The van der Waals surface area contributed by atoms with Crippen LogP contribution in [0.2, 0.25) is 0 Å². The highest BCUT2D eigenvalue weighted by Gasteiger charge is 2.35. The zero-order valence-corrected chi connectivity index (χ0v) is 14.9. The highest BCUT2D eigenvalue weighted by atomic mass is 16.6. The molecule has 0 aromatic carbocycles. The number of pyridine rings is 1. The molecule has 2 amide bonds. The molecule has 2 atom stereocenters. The Hall–Kier alpha value is -2.11. The zero-order chi connectivity index (χ0) is 17.7. The van der Waals surface area contributed by atoms with E-state index in [1.807, 2.05) is 39.8 Å². The van der Waals surface area contributed by atoms with Crippen LogP contribution in [0.1, 0.15) is 58.6 Å². The normalized spacial score (nSPS) is 19.5. The number of amides is 2. The third kappa shape index (κ3) is 4.94. The van der Waals surface area contributed by atoms with Crippen molar-refractivity contribution in [2.75, 3.05) is 6.54 Å². The van der Waals surface area contributed by atoms with Crippen LogP contribution >= 0.6 is 0 Å². The fourth-order valence-corrected chi connectivity index (χ4v) is 2.77. The molecule has 2 rings (SSSR count). The highest BCUT2D eigenvalue weighted by Crippen LogP contribution is 2.21. The summed E-state index contributed by atoms with van der Waals surface area (Å²) < 4.78 is 5.44. The number of nitrogens with one attached hydrogen (secondary N) is 1. The number of piperidine rings is 1. The fraction of sp³-hybridized carbons (Fsp3) is 0.611. The van der Waals surface area contributed by atoms with Crippen LogP contribution in [0.25, 0.3) is 0 Å². The fourth-order valence-electron chi connectivity index (χ4n) is 2.77. The molecule has 0 radical (unpaired) electrons. The summed E-state index contributed by atoms with van der Waals surface area (Å²) in [6.45, 7) is 7.95. The summed E-state index contributed by atoms with van der Waals surface area (Å²) in [5, 5.41) is 2.99. The molecule has 1 aliphatic heterocycles. The first kappa shape index (κ1) is 18.2. The minimum Gasteiger partial charge on any atom is -0.444 e. The van der Waals surface area contributed by atoms with Gasteiger partial charge in [-0.1, -0.05) is 6.07 Å². The first-order valence-electron chi connectivity index (χ1n) is 8.48. The van der Waals surface area contributed by atoms with Gasteiger partial charge in [-0.05, 0) is 58.6 Å². The number of ether oxygens (including phenoxy) is 1. The Morgan fingerprint density at radius 3 is 2.75 bits per heavy atom.